The summed E-state index contributed by atoms with van der Waals surface area (Å²) in [5.41, 5.74) is 1.02. The molecule has 6 nitrogen and oxygen atoms in total. The maximum Gasteiger partial charge on any atom is 0.416 e. The van der Waals surface area contributed by atoms with Crippen molar-refractivity contribution in [1.29, 1.82) is 5.26 Å². The lowest BCUT2D eigenvalue weighted by molar-refractivity contribution is -0.137. The molecule has 0 radical (unpaired) electrons. The van der Waals surface area contributed by atoms with E-state index in [1.165, 1.54) is 19.1 Å². The Bertz CT molecular complexity index is 1050. The zero-order valence-corrected chi connectivity index (χ0v) is 13.9. The molecule has 2 N–H and O–H groups in total. The number of benzene rings is 2. The summed E-state index contributed by atoms with van der Waals surface area (Å²) in [5, 5.41) is 21.6. The fourth-order valence-corrected chi connectivity index (χ4v) is 2.60. The first kappa shape index (κ1) is 18.1. The van der Waals surface area contributed by atoms with Gasteiger partial charge in [-0.25, -0.2) is 5.10 Å². The number of hydrogen-bond donors (Lipinski definition) is 2. The Morgan fingerprint density at radius 2 is 1.96 bits per heavy atom. The molecular formula is C18H12F3N5O. The van der Waals surface area contributed by atoms with Crippen molar-refractivity contribution < 1.29 is 18.0 Å². The maximum atomic E-state index is 13.1. The van der Waals surface area contributed by atoms with Crippen molar-refractivity contribution >= 4 is 11.6 Å². The Labute approximate surface area is 151 Å². The van der Waals surface area contributed by atoms with E-state index in [-0.39, 0.29) is 22.9 Å². The fraction of sp³-hybridized carbons (Fsp3) is 0.111. The van der Waals surface area contributed by atoms with Crippen LogP contribution in [-0.2, 0) is 11.0 Å². The molecule has 9 heteroatoms. The van der Waals surface area contributed by atoms with Gasteiger partial charge in [0.15, 0.2) is 5.69 Å². The van der Waals surface area contributed by atoms with E-state index in [1.807, 2.05) is 6.07 Å². The van der Waals surface area contributed by atoms with Crippen LogP contribution in [0, 0.1) is 11.3 Å². The minimum atomic E-state index is -4.50. The molecule has 0 fully saturated rings. The second kappa shape index (κ2) is 6.92. The van der Waals surface area contributed by atoms with Gasteiger partial charge in [0.25, 0.3) is 0 Å². The van der Waals surface area contributed by atoms with Crippen molar-refractivity contribution in [1.82, 2.24) is 15.4 Å². The molecule has 0 aliphatic carbocycles. The van der Waals surface area contributed by atoms with Crippen LogP contribution in [0.15, 0.2) is 42.5 Å². The number of carbonyl (C=O) groups is 1. The quantitative estimate of drug-likeness (QED) is 0.728. The number of anilines is 1. The van der Waals surface area contributed by atoms with E-state index in [0.29, 0.717) is 16.8 Å². The van der Waals surface area contributed by atoms with Gasteiger partial charge in [0.1, 0.15) is 11.8 Å². The highest BCUT2D eigenvalue weighted by atomic mass is 19.4. The van der Waals surface area contributed by atoms with Gasteiger partial charge in [0.05, 0.1) is 5.56 Å². The largest absolute Gasteiger partial charge is 0.416 e. The van der Waals surface area contributed by atoms with E-state index in [9.17, 15) is 18.0 Å². The third-order valence-electron chi connectivity index (χ3n) is 3.77. The molecule has 0 bridgehead atoms. The monoisotopic (exact) mass is 371 g/mol. The highest BCUT2D eigenvalue weighted by Gasteiger charge is 2.30. The Hall–Kier alpha value is -3.67. The highest BCUT2D eigenvalue weighted by molar-refractivity contribution is 5.95. The molecule has 136 valence electrons. The van der Waals surface area contributed by atoms with Crippen LogP contribution in [0.4, 0.5) is 18.9 Å². The van der Waals surface area contributed by atoms with E-state index in [4.69, 9.17) is 5.26 Å². The summed E-state index contributed by atoms with van der Waals surface area (Å²) in [7, 11) is 0. The van der Waals surface area contributed by atoms with Gasteiger partial charge in [-0.05, 0) is 29.8 Å². The number of nitrogens with zero attached hydrogens (tertiary/aromatic N) is 3. The molecule has 1 aromatic heterocycles. The number of carbonyl (C=O) groups excluding carboxylic acids is 1. The minimum Gasteiger partial charge on any atom is -0.326 e. The molecule has 2 aromatic carbocycles. The zero-order chi connectivity index (χ0) is 19.6. The van der Waals surface area contributed by atoms with Crippen LogP contribution in [0.2, 0.25) is 0 Å². The van der Waals surface area contributed by atoms with Gasteiger partial charge in [-0.15, -0.1) is 5.10 Å². The summed E-state index contributed by atoms with van der Waals surface area (Å²) in [6.07, 6.45) is -4.50. The van der Waals surface area contributed by atoms with Gasteiger partial charge in [0, 0.05) is 23.7 Å². The molecule has 0 atom stereocenters. The van der Waals surface area contributed by atoms with Crippen LogP contribution in [0.25, 0.3) is 22.4 Å². The predicted octanol–water partition coefficient (Wildman–Crippen LogP) is 3.99. The molecular weight excluding hydrogens is 359 g/mol. The fourth-order valence-electron chi connectivity index (χ4n) is 2.60. The van der Waals surface area contributed by atoms with Gasteiger partial charge >= 0.3 is 6.18 Å². The van der Waals surface area contributed by atoms with Crippen LogP contribution in [0.3, 0.4) is 0 Å². The number of nitriles is 1. The van der Waals surface area contributed by atoms with E-state index in [1.54, 1.807) is 18.2 Å². The van der Waals surface area contributed by atoms with Gasteiger partial charge in [-0.3, -0.25) is 4.79 Å². The number of hydrogen-bond acceptors (Lipinski definition) is 4. The van der Waals surface area contributed by atoms with Crippen LogP contribution >= 0.6 is 0 Å². The van der Waals surface area contributed by atoms with Crippen LogP contribution in [-0.4, -0.2) is 21.3 Å². The van der Waals surface area contributed by atoms with Gasteiger partial charge in [-0.2, -0.15) is 18.4 Å². The van der Waals surface area contributed by atoms with E-state index < -0.39 is 11.7 Å². The zero-order valence-electron chi connectivity index (χ0n) is 13.9. The van der Waals surface area contributed by atoms with Crippen molar-refractivity contribution in [2.45, 2.75) is 13.1 Å². The molecule has 0 unspecified atom stereocenters. The minimum absolute atomic E-state index is 0.122. The molecule has 0 aliphatic rings. The topological polar surface area (TPSA) is 94.5 Å². The molecule has 3 rings (SSSR count). The van der Waals surface area contributed by atoms with Crippen LogP contribution in [0.5, 0.6) is 0 Å². The number of halogens is 3. The SMILES string of the molecule is CC(=O)Nc1ccc(-c2nn[nH]c2C#N)cc1-c1cccc(C(F)(F)F)c1. The Morgan fingerprint density at radius 3 is 2.63 bits per heavy atom. The summed E-state index contributed by atoms with van der Waals surface area (Å²) in [4.78, 5) is 11.5. The predicted molar refractivity (Wildman–Crippen MR) is 91.3 cm³/mol. The Morgan fingerprint density at radius 1 is 1.19 bits per heavy atom. The van der Waals surface area contributed by atoms with Crippen molar-refractivity contribution in [3.05, 3.63) is 53.7 Å². The van der Waals surface area contributed by atoms with Crippen LogP contribution < -0.4 is 5.32 Å². The smallest absolute Gasteiger partial charge is 0.326 e. The Balaban J connectivity index is 2.18. The standard InChI is InChI=1S/C18H12F3N5O/c1-10(27)23-15-6-5-12(17-16(9-22)24-26-25-17)8-14(15)11-3-2-4-13(7-11)18(19,20)21/h2-8H,1H3,(H,23,27)(H,24,25,26). The average molecular weight is 371 g/mol. The van der Waals surface area contributed by atoms with Crippen molar-refractivity contribution in [2.75, 3.05) is 5.32 Å². The number of amides is 1. The maximum absolute atomic E-state index is 13.1. The number of rotatable bonds is 3. The number of aromatic amines is 1. The Kier molecular flexibility index (Phi) is 4.64. The summed E-state index contributed by atoms with van der Waals surface area (Å²) >= 11 is 0. The first-order chi connectivity index (χ1) is 12.8. The van der Waals surface area contributed by atoms with Crippen LogP contribution in [0.1, 0.15) is 18.2 Å². The average Bonchev–Trinajstić information content (AvgIpc) is 3.10. The van der Waals surface area contributed by atoms with Crippen molar-refractivity contribution in [3.63, 3.8) is 0 Å². The molecule has 0 aliphatic heterocycles. The summed E-state index contributed by atoms with van der Waals surface area (Å²) in [6.45, 7) is 1.30. The lowest BCUT2D eigenvalue weighted by Gasteiger charge is -2.14. The normalized spacial score (nSPS) is 11.1. The molecule has 0 saturated carbocycles. The second-order valence-corrected chi connectivity index (χ2v) is 5.67. The molecule has 27 heavy (non-hydrogen) atoms. The van der Waals surface area contributed by atoms with Gasteiger partial charge in [-0.1, -0.05) is 23.4 Å². The molecule has 0 spiro atoms. The first-order valence-corrected chi connectivity index (χ1v) is 7.70. The summed E-state index contributed by atoms with van der Waals surface area (Å²) in [5.74, 6) is -0.366. The van der Waals surface area contributed by atoms with Gasteiger partial charge in [0.2, 0.25) is 5.91 Å². The van der Waals surface area contributed by atoms with Crippen molar-refractivity contribution in [2.24, 2.45) is 0 Å². The van der Waals surface area contributed by atoms with Crippen molar-refractivity contribution in [3.8, 4) is 28.5 Å². The highest BCUT2D eigenvalue weighted by Crippen LogP contribution is 2.36. The molecule has 3 aromatic rings. The first-order valence-electron chi connectivity index (χ1n) is 7.70. The molecule has 1 amide bonds. The van der Waals surface area contributed by atoms with E-state index in [0.717, 1.165) is 12.1 Å². The summed E-state index contributed by atoms with van der Waals surface area (Å²) < 4.78 is 39.2. The lowest BCUT2D eigenvalue weighted by atomic mass is 9.97. The third kappa shape index (κ3) is 3.79. The van der Waals surface area contributed by atoms with E-state index >= 15 is 0 Å². The number of nitrogens with one attached hydrogen (secondary N) is 2. The molecule has 1 heterocycles. The second-order valence-electron chi connectivity index (χ2n) is 5.67. The van der Waals surface area contributed by atoms with E-state index in [2.05, 4.69) is 20.7 Å². The van der Waals surface area contributed by atoms with Gasteiger partial charge < -0.3 is 5.32 Å². The lowest BCUT2D eigenvalue weighted by Crippen LogP contribution is -2.08. The summed E-state index contributed by atoms with van der Waals surface area (Å²) in [6, 6.07) is 11.4. The number of H-pyrrole nitrogens is 1. The molecule has 0 saturated heterocycles. The third-order valence-corrected chi connectivity index (χ3v) is 3.77. The number of aromatic nitrogens is 3. The number of alkyl halides is 3.